The van der Waals surface area contributed by atoms with Crippen LogP contribution in [0.4, 0.5) is 0 Å². The number of nitrogens with zero attached hydrogens (tertiary/aromatic N) is 1. The van der Waals surface area contributed by atoms with E-state index in [9.17, 15) is 4.91 Å². The molecule has 0 bridgehead atoms. The summed E-state index contributed by atoms with van der Waals surface area (Å²) in [4.78, 5) is 14.1. The van der Waals surface area contributed by atoms with Crippen molar-refractivity contribution in [1.29, 1.82) is 0 Å². The molecule has 2 rings (SSSR count). The van der Waals surface area contributed by atoms with Gasteiger partial charge >= 0.3 is 0 Å². The van der Waals surface area contributed by atoms with Crippen LogP contribution in [0.1, 0.15) is 0 Å². The second-order valence-electron chi connectivity index (χ2n) is 2.87. The lowest BCUT2D eigenvalue weighted by Gasteiger charge is -2.24. The van der Waals surface area contributed by atoms with Gasteiger partial charge in [0.25, 0.3) is 0 Å². The number of hydrogen-bond donors (Lipinski definition) is 0. The molecule has 0 spiro atoms. The van der Waals surface area contributed by atoms with Gasteiger partial charge in [0.15, 0.2) is 29.6 Å². The molecule has 1 heterocycles. The highest BCUT2D eigenvalue weighted by atomic mass is 16.7. The fourth-order valence-corrected chi connectivity index (χ4v) is 1.26. The van der Waals surface area contributed by atoms with E-state index in [2.05, 4.69) is 10.2 Å². The Labute approximate surface area is 80.5 Å². The van der Waals surface area contributed by atoms with Gasteiger partial charge in [0.2, 0.25) is 0 Å². The standard InChI is InChI=1S/C9H9NO4/c11-10-13-6-7-5-12-8-3-1-2-4-9(8)14-7/h1-4,7H,5-6H2. The molecule has 14 heavy (non-hydrogen) atoms. The molecule has 1 aliphatic heterocycles. The average Bonchev–Trinajstić information content (AvgIpc) is 2.26. The van der Waals surface area contributed by atoms with Crippen LogP contribution in [0.2, 0.25) is 0 Å². The summed E-state index contributed by atoms with van der Waals surface area (Å²) in [5.41, 5.74) is 0. The molecule has 0 radical (unpaired) electrons. The zero-order chi connectivity index (χ0) is 9.80. The van der Waals surface area contributed by atoms with Crippen molar-refractivity contribution in [2.45, 2.75) is 6.10 Å². The number of hydrogen-bond acceptors (Lipinski definition) is 5. The normalized spacial score (nSPS) is 18.7. The van der Waals surface area contributed by atoms with E-state index in [1.54, 1.807) is 6.07 Å². The zero-order valence-corrected chi connectivity index (χ0v) is 7.38. The third-order valence-corrected chi connectivity index (χ3v) is 1.88. The lowest BCUT2D eigenvalue weighted by Crippen LogP contribution is -2.32. The Balaban J connectivity index is 2.02. The molecule has 1 aromatic rings. The largest absolute Gasteiger partial charge is 0.486 e. The quantitative estimate of drug-likeness (QED) is 0.542. The first-order valence-electron chi connectivity index (χ1n) is 4.23. The van der Waals surface area contributed by atoms with Crippen LogP contribution in [0.25, 0.3) is 0 Å². The lowest BCUT2D eigenvalue weighted by atomic mass is 10.3. The molecule has 0 N–H and O–H groups in total. The van der Waals surface area contributed by atoms with E-state index in [1.807, 2.05) is 18.2 Å². The van der Waals surface area contributed by atoms with Crippen LogP contribution < -0.4 is 9.47 Å². The summed E-state index contributed by atoms with van der Waals surface area (Å²) < 4.78 is 10.9. The Hall–Kier alpha value is -1.78. The average molecular weight is 195 g/mol. The van der Waals surface area contributed by atoms with Crippen molar-refractivity contribution < 1.29 is 14.3 Å². The highest BCUT2D eigenvalue weighted by Gasteiger charge is 2.21. The van der Waals surface area contributed by atoms with Gasteiger partial charge in [0.1, 0.15) is 6.61 Å². The fraction of sp³-hybridized carbons (Fsp3) is 0.333. The first-order valence-corrected chi connectivity index (χ1v) is 4.23. The van der Waals surface area contributed by atoms with Gasteiger partial charge < -0.3 is 14.3 Å². The Morgan fingerprint density at radius 2 is 2.21 bits per heavy atom. The van der Waals surface area contributed by atoms with Crippen molar-refractivity contribution in [2.75, 3.05) is 13.2 Å². The van der Waals surface area contributed by atoms with E-state index in [0.29, 0.717) is 18.1 Å². The molecule has 0 saturated carbocycles. The zero-order valence-electron chi connectivity index (χ0n) is 7.38. The van der Waals surface area contributed by atoms with Crippen LogP contribution in [-0.2, 0) is 4.84 Å². The van der Waals surface area contributed by atoms with Gasteiger partial charge in [-0.15, -0.1) is 4.91 Å². The second kappa shape index (κ2) is 3.95. The topological polar surface area (TPSA) is 57.1 Å². The van der Waals surface area contributed by atoms with Gasteiger partial charge in [-0.25, -0.2) is 0 Å². The van der Waals surface area contributed by atoms with Crippen LogP contribution in [-0.4, -0.2) is 19.3 Å². The maximum Gasteiger partial charge on any atom is 0.169 e. The summed E-state index contributed by atoms with van der Waals surface area (Å²) in [6, 6.07) is 7.34. The van der Waals surface area contributed by atoms with Crippen LogP contribution in [0.3, 0.4) is 0 Å². The molecule has 0 amide bonds. The Bertz CT molecular complexity index is 328. The van der Waals surface area contributed by atoms with Crippen molar-refractivity contribution in [3.8, 4) is 11.5 Å². The highest BCUT2D eigenvalue weighted by Crippen LogP contribution is 2.30. The molecule has 0 aliphatic carbocycles. The number of rotatable bonds is 3. The molecule has 0 saturated heterocycles. The van der Waals surface area contributed by atoms with Crippen molar-refractivity contribution in [3.05, 3.63) is 29.2 Å². The predicted molar refractivity (Wildman–Crippen MR) is 48.1 cm³/mol. The molecule has 0 aromatic heterocycles. The summed E-state index contributed by atoms with van der Waals surface area (Å²) in [6.45, 7) is 0.477. The minimum Gasteiger partial charge on any atom is -0.486 e. The summed E-state index contributed by atoms with van der Waals surface area (Å²) in [7, 11) is 0. The van der Waals surface area contributed by atoms with Gasteiger partial charge in [0.05, 0.1) is 0 Å². The van der Waals surface area contributed by atoms with E-state index >= 15 is 0 Å². The van der Waals surface area contributed by atoms with Crippen molar-refractivity contribution in [3.63, 3.8) is 0 Å². The predicted octanol–water partition coefficient (Wildman–Crippen LogP) is 1.52. The molecular formula is C9H9NO4. The van der Waals surface area contributed by atoms with Crippen LogP contribution >= 0.6 is 0 Å². The molecule has 1 atom stereocenters. The SMILES string of the molecule is O=NOCC1COc2ccccc2O1. The molecule has 1 unspecified atom stereocenters. The number of benzene rings is 1. The lowest BCUT2D eigenvalue weighted by molar-refractivity contribution is 0.00920. The molecule has 1 aromatic carbocycles. The van der Waals surface area contributed by atoms with Gasteiger partial charge in [-0.1, -0.05) is 12.1 Å². The highest BCUT2D eigenvalue weighted by molar-refractivity contribution is 5.40. The van der Waals surface area contributed by atoms with Crippen molar-refractivity contribution >= 4 is 0 Å². The van der Waals surface area contributed by atoms with E-state index in [1.165, 1.54) is 0 Å². The molecule has 74 valence electrons. The Kier molecular flexibility index (Phi) is 2.48. The monoisotopic (exact) mass is 195 g/mol. The minimum absolute atomic E-state index is 0.109. The van der Waals surface area contributed by atoms with Crippen molar-refractivity contribution in [2.24, 2.45) is 5.34 Å². The van der Waals surface area contributed by atoms with Crippen LogP contribution in [0.5, 0.6) is 11.5 Å². The number of ether oxygens (including phenoxy) is 2. The third kappa shape index (κ3) is 1.76. The summed E-state index contributed by atoms with van der Waals surface area (Å²) in [6.07, 6.45) is -0.275. The smallest absolute Gasteiger partial charge is 0.169 e. The second-order valence-corrected chi connectivity index (χ2v) is 2.87. The first-order chi connectivity index (χ1) is 6.90. The van der Waals surface area contributed by atoms with Gasteiger partial charge in [-0.3, -0.25) is 0 Å². The third-order valence-electron chi connectivity index (χ3n) is 1.88. The first kappa shape index (κ1) is 8.80. The fourth-order valence-electron chi connectivity index (χ4n) is 1.26. The number of para-hydroxylation sites is 2. The van der Waals surface area contributed by atoms with Gasteiger partial charge in [0, 0.05) is 0 Å². The maximum absolute atomic E-state index is 9.72. The van der Waals surface area contributed by atoms with E-state index in [0.717, 1.165) is 0 Å². The Morgan fingerprint density at radius 1 is 1.43 bits per heavy atom. The summed E-state index contributed by atoms with van der Waals surface area (Å²) in [5, 5.41) is 2.30. The molecule has 5 nitrogen and oxygen atoms in total. The van der Waals surface area contributed by atoms with E-state index in [-0.39, 0.29) is 12.7 Å². The minimum atomic E-state index is -0.275. The summed E-state index contributed by atoms with van der Waals surface area (Å²) >= 11 is 0. The number of fused-ring (bicyclic) bond motifs is 1. The van der Waals surface area contributed by atoms with Crippen LogP contribution in [0, 0.1) is 4.91 Å². The molecule has 1 aliphatic rings. The van der Waals surface area contributed by atoms with Crippen molar-refractivity contribution in [1.82, 2.24) is 0 Å². The Morgan fingerprint density at radius 3 is 3.00 bits per heavy atom. The van der Waals surface area contributed by atoms with Crippen LogP contribution in [0.15, 0.2) is 29.6 Å². The maximum atomic E-state index is 9.72. The van der Waals surface area contributed by atoms with Gasteiger partial charge in [-0.2, -0.15) is 0 Å². The van der Waals surface area contributed by atoms with E-state index in [4.69, 9.17) is 9.47 Å². The molecule has 5 heteroatoms. The summed E-state index contributed by atoms with van der Waals surface area (Å²) in [5.74, 6) is 1.38. The van der Waals surface area contributed by atoms with Gasteiger partial charge in [-0.05, 0) is 12.1 Å². The molecular weight excluding hydrogens is 186 g/mol. The van der Waals surface area contributed by atoms with E-state index < -0.39 is 0 Å². The molecule has 0 fully saturated rings.